The zero-order valence-corrected chi connectivity index (χ0v) is 17.3. The second-order valence-electron chi connectivity index (χ2n) is 7.26. The van der Waals surface area contributed by atoms with Crippen molar-refractivity contribution in [2.45, 2.75) is 45.7 Å². The van der Waals surface area contributed by atoms with Gasteiger partial charge in [-0.15, -0.1) is 0 Å². The number of nitro groups is 2. The van der Waals surface area contributed by atoms with Crippen molar-refractivity contribution in [3.8, 4) is 0 Å². The van der Waals surface area contributed by atoms with Crippen LogP contribution in [0.5, 0.6) is 0 Å². The molecule has 1 amide bonds. The number of imidazole rings is 1. The molecule has 0 aliphatic heterocycles. The summed E-state index contributed by atoms with van der Waals surface area (Å²) < 4.78 is 2.06. The molecule has 0 aliphatic carbocycles. The van der Waals surface area contributed by atoms with E-state index in [-0.39, 0.29) is 5.56 Å². The number of unbranched alkanes of at least 4 members (excludes halogenated alkanes) is 2. The van der Waals surface area contributed by atoms with Crippen LogP contribution in [0.3, 0.4) is 0 Å². The maximum atomic E-state index is 12.8. The Balaban J connectivity index is 1.91. The van der Waals surface area contributed by atoms with Gasteiger partial charge in [-0.3, -0.25) is 25.0 Å². The normalized spacial score (nSPS) is 11.9. The van der Waals surface area contributed by atoms with Crippen molar-refractivity contribution in [1.29, 1.82) is 0 Å². The number of aryl methyl sites for hydroxylation is 1. The first kappa shape index (κ1) is 21.9. The number of nitrogens with one attached hydrogen (secondary N) is 1. The van der Waals surface area contributed by atoms with Gasteiger partial charge in [0.05, 0.1) is 38.6 Å². The summed E-state index contributed by atoms with van der Waals surface area (Å²) in [5, 5.41) is 25.0. The molecule has 0 saturated carbocycles. The number of non-ortho nitro benzene ring substituents is 2. The average Bonchev–Trinajstić information content (AvgIpc) is 3.12. The van der Waals surface area contributed by atoms with E-state index >= 15 is 0 Å². The Morgan fingerprint density at radius 2 is 1.74 bits per heavy atom. The molecule has 0 spiro atoms. The van der Waals surface area contributed by atoms with Gasteiger partial charge in [0.25, 0.3) is 17.3 Å². The van der Waals surface area contributed by atoms with Crippen molar-refractivity contribution in [2.24, 2.45) is 0 Å². The fraction of sp³-hybridized carbons (Fsp3) is 0.333. The van der Waals surface area contributed by atoms with E-state index in [9.17, 15) is 25.0 Å². The maximum absolute atomic E-state index is 12.8. The van der Waals surface area contributed by atoms with Gasteiger partial charge in [0.15, 0.2) is 0 Å². The van der Waals surface area contributed by atoms with Crippen molar-refractivity contribution in [3.05, 3.63) is 74.1 Å². The summed E-state index contributed by atoms with van der Waals surface area (Å²) in [4.78, 5) is 38.1. The number of hydrogen-bond donors (Lipinski definition) is 1. The van der Waals surface area contributed by atoms with Gasteiger partial charge in [-0.05, 0) is 25.5 Å². The Bertz CT molecular complexity index is 1110. The highest BCUT2D eigenvalue weighted by Gasteiger charge is 2.23. The maximum Gasteiger partial charge on any atom is 0.277 e. The molecule has 0 radical (unpaired) electrons. The van der Waals surface area contributed by atoms with Gasteiger partial charge in [-0.25, -0.2) is 4.98 Å². The molecule has 1 atom stereocenters. The molecule has 162 valence electrons. The molecule has 2 aromatic carbocycles. The zero-order chi connectivity index (χ0) is 22.5. The smallest absolute Gasteiger partial charge is 0.277 e. The van der Waals surface area contributed by atoms with E-state index in [1.54, 1.807) is 6.92 Å². The van der Waals surface area contributed by atoms with Gasteiger partial charge in [0.1, 0.15) is 5.82 Å². The molecule has 1 aromatic heterocycles. The van der Waals surface area contributed by atoms with E-state index in [1.807, 2.05) is 24.3 Å². The topological polar surface area (TPSA) is 133 Å². The summed E-state index contributed by atoms with van der Waals surface area (Å²) in [7, 11) is 0. The minimum absolute atomic E-state index is 0.151. The summed E-state index contributed by atoms with van der Waals surface area (Å²) in [5.74, 6) is 0.0112. The summed E-state index contributed by atoms with van der Waals surface area (Å²) in [5.41, 5.74) is 0.584. The van der Waals surface area contributed by atoms with Crippen molar-refractivity contribution in [3.63, 3.8) is 0 Å². The van der Waals surface area contributed by atoms with Gasteiger partial charge in [0.2, 0.25) is 0 Å². The van der Waals surface area contributed by atoms with Crippen LogP contribution in [0.1, 0.15) is 55.3 Å². The van der Waals surface area contributed by atoms with E-state index in [0.29, 0.717) is 5.82 Å². The van der Waals surface area contributed by atoms with Gasteiger partial charge in [-0.1, -0.05) is 31.9 Å². The molecule has 10 nitrogen and oxygen atoms in total. The zero-order valence-electron chi connectivity index (χ0n) is 17.3. The van der Waals surface area contributed by atoms with Crippen LogP contribution in [0.25, 0.3) is 11.0 Å². The number of nitrogens with zero attached hydrogens (tertiary/aromatic N) is 4. The lowest BCUT2D eigenvalue weighted by molar-refractivity contribution is -0.394. The molecule has 1 N–H and O–H groups in total. The van der Waals surface area contributed by atoms with E-state index in [2.05, 4.69) is 21.8 Å². The Labute approximate surface area is 178 Å². The van der Waals surface area contributed by atoms with Crippen molar-refractivity contribution >= 4 is 28.3 Å². The molecule has 0 bridgehead atoms. The number of hydrogen-bond acceptors (Lipinski definition) is 6. The number of aromatic nitrogens is 2. The fourth-order valence-corrected chi connectivity index (χ4v) is 3.46. The van der Waals surface area contributed by atoms with E-state index in [4.69, 9.17) is 0 Å². The Hall–Kier alpha value is -3.82. The van der Waals surface area contributed by atoms with Gasteiger partial charge >= 0.3 is 0 Å². The number of para-hydroxylation sites is 2. The Kier molecular flexibility index (Phi) is 6.58. The highest BCUT2D eigenvalue weighted by molar-refractivity contribution is 5.95. The van der Waals surface area contributed by atoms with E-state index in [0.717, 1.165) is 55.0 Å². The Morgan fingerprint density at radius 1 is 1.10 bits per heavy atom. The third kappa shape index (κ3) is 4.85. The minimum atomic E-state index is -0.764. The number of benzene rings is 2. The van der Waals surface area contributed by atoms with Crippen LogP contribution < -0.4 is 5.32 Å². The molecular weight excluding hydrogens is 402 g/mol. The molecule has 1 heterocycles. The molecule has 0 saturated heterocycles. The highest BCUT2D eigenvalue weighted by Crippen LogP contribution is 2.25. The van der Waals surface area contributed by atoms with Crippen LogP contribution in [-0.4, -0.2) is 25.3 Å². The fourth-order valence-electron chi connectivity index (χ4n) is 3.46. The van der Waals surface area contributed by atoms with Gasteiger partial charge in [-0.2, -0.15) is 0 Å². The molecule has 0 fully saturated rings. The number of amides is 1. The largest absolute Gasteiger partial charge is 0.342 e. The van der Waals surface area contributed by atoms with Crippen LogP contribution >= 0.6 is 0 Å². The second-order valence-corrected chi connectivity index (χ2v) is 7.26. The molecule has 0 aliphatic rings. The number of rotatable bonds is 9. The number of carbonyl (C=O) groups excluding carboxylic acids is 1. The average molecular weight is 425 g/mol. The predicted molar refractivity (Wildman–Crippen MR) is 115 cm³/mol. The molecular formula is C21H23N5O5. The monoisotopic (exact) mass is 425 g/mol. The first-order valence-corrected chi connectivity index (χ1v) is 10.0. The van der Waals surface area contributed by atoms with Crippen LogP contribution in [-0.2, 0) is 6.54 Å². The van der Waals surface area contributed by atoms with E-state index in [1.165, 1.54) is 0 Å². The number of nitro benzene ring substituents is 2. The Morgan fingerprint density at radius 3 is 2.35 bits per heavy atom. The number of fused-ring (bicyclic) bond motifs is 1. The SMILES string of the molecule is CCCCCn1c([C@@H](C)NC(=O)c2cc([N+](=O)[O-])cc([N+](=O)[O-])c2)nc2ccccc21. The highest BCUT2D eigenvalue weighted by atomic mass is 16.6. The summed E-state index contributed by atoms with van der Waals surface area (Å²) >= 11 is 0. The summed E-state index contributed by atoms with van der Waals surface area (Å²) in [6, 6.07) is 10.0. The van der Waals surface area contributed by atoms with Crippen LogP contribution in [0.15, 0.2) is 42.5 Å². The van der Waals surface area contributed by atoms with Gasteiger partial charge < -0.3 is 9.88 Å². The third-order valence-corrected chi connectivity index (χ3v) is 4.99. The first-order chi connectivity index (χ1) is 14.8. The van der Waals surface area contributed by atoms with Crippen molar-refractivity contribution in [1.82, 2.24) is 14.9 Å². The second kappa shape index (κ2) is 9.33. The minimum Gasteiger partial charge on any atom is -0.342 e. The summed E-state index contributed by atoms with van der Waals surface area (Å²) in [6.07, 6.45) is 3.09. The van der Waals surface area contributed by atoms with Crippen LogP contribution in [0.4, 0.5) is 11.4 Å². The lowest BCUT2D eigenvalue weighted by Gasteiger charge is -2.16. The lowest BCUT2D eigenvalue weighted by Crippen LogP contribution is -2.29. The molecule has 10 heteroatoms. The summed E-state index contributed by atoms with van der Waals surface area (Å²) in [6.45, 7) is 4.63. The molecule has 3 rings (SSSR count). The number of carbonyl (C=O) groups is 1. The molecule has 0 unspecified atom stereocenters. The van der Waals surface area contributed by atoms with E-state index < -0.39 is 33.2 Å². The van der Waals surface area contributed by atoms with Crippen molar-refractivity contribution in [2.75, 3.05) is 0 Å². The quantitative estimate of drug-likeness (QED) is 0.304. The molecule has 3 aromatic rings. The lowest BCUT2D eigenvalue weighted by atomic mass is 10.1. The predicted octanol–water partition coefficient (Wildman–Crippen LogP) is 4.53. The van der Waals surface area contributed by atoms with Crippen LogP contribution in [0, 0.1) is 20.2 Å². The molecule has 31 heavy (non-hydrogen) atoms. The van der Waals surface area contributed by atoms with Gasteiger partial charge in [0, 0.05) is 18.7 Å². The first-order valence-electron chi connectivity index (χ1n) is 10.0. The third-order valence-electron chi connectivity index (χ3n) is 4.99. The standard InChI is InChI=1S/C21H23N5O5/c1-3-4-7-10-24-19-9-6-5-8-18(19)23-20(24)14(2)22-21(27)15-11-16(25(28)29)13-17(12-15)26(30)31/h5-6,8-9,11-14H,3-4,7,10H2,1-2H3,(H,22,27)/t14-/m1/s1. The van der Waals surface area contributed by atoms with Crippen LogP contribution in [0.2, 0.25) is 0 Å². The van der Waals surface area contributed by atoms with Crippen molar-refractivity contribution < 1.29 is 14.6 Å².